The van der Waals surface area contributed by atoms with Crippen molar-refractivity contribution >= 4 is 27.5 Å². The molecule has 0 spiro atoms. The van der Waals surface area contributed by atoms with Gasteiger partial charge in [0.25, 0.3) is 5.91 Å². The number of ether oxygens (including phenoxy) is 2. The van der Waals surface area contributed by atoms with Gasteiger partial charge >= 0.3 is 0 Å². The Morgan fingerprint density at radius 1 is 1.22 bits per heavy atom. The summed E-state index contributed by atoms with van der Waals surface area (Å²) in [6.45, 7) is 2.07. The van der Waals surface area contributed by atoms with Gasteiger partial charge in [0, 0.05) is 35.7 Å². The van der Waals surface area contributed by atoms with E-state index in [0.29, 0.717) is 42.0 Å². The second-order valence-electron chi connectivity index (χ2n) is 6.02. The molecule has 1 heterocycles. The Labute approximate surface area is 164 Å². The Hall–Kier alpha value is -2.19. The summed E-state index contributed by atoms with van der Waals surface area (Å²) in [5.74, 6) is -1.24. The summed E-state index contributed by atoms with van der Waals surface area (Å²) >= 11 is 3.19. The largest absolute Gasteiger partial charge is 0.496 e. The maximum absolute atomic E-state index is 14.5. The predicted molar refractivity (Wildman–Crippen MR) is 101 cm³/mol. The van der Waals surface area contributed by atoms with Crippen LogP contribution < -0.4 is 15.0 Å². The molecule has 0 atom stereocenters. The van der Waals surface area contributed by atoms with Gasteiger partial charge in [-0.25, -0.2) is 8.78 Å². The van der Waals surface area contributed by atoms with Gasteiger partial charge in [0.05, 0.1) is 31.6 Å². The van der Waals surface area contributed by atoms with Gasteiger partial charge in [-0.15, -0.1) is 0 Å². The fourth-order valence-electron chi connectivity index (χ4n) is 2.87. The van der Waals surface area contributed by atoms with Crippen molar-refractivity contribution in [1.82, 2.24) is 5.32 Å². The third-order valence-electron chi connectivity index (χ3n) is 4.32. The van der Waals surface area contributed by atoms with Gasteiger partial charge in [-0.1, -0.05) is 22.0 Å². The van der Waals surface area contributed by atoms with Crippen molar-refractivity contribution in [2.75, 3.05) is 38.3 Å². The van der Waals surface area contributed by atoms with Crippen LogP contribution in [0.15, 0.2) is 34.8 Å². The summed E-state index contributed by atoms with van der Waals surface area (Å²) in [5, 5.41) is 2.66. The number of carbonyl (C=O) groups is 1. The van der Waals surface area contributed by atoms with E-state index in [4.69, 9.17) is 9.47 Å². The van der Waals surface area contributed by atoms with Crippen molar-refractivity contribution in [3.63, 3.8) is 0 Å². The quantitative estimate of drug-likeness (QED) is 0.772. The summed E-state index contributed by atoms with van der Waals surface area (Å²) < 4.78 is 39.4. The zero-order valence-electron chi connectivity index (χ0n) is 14.7. The van der Waals surface area contributed by atoms with E-state index >= 15 is 0 Å². The number of amides is 1. The van der Waals surface area contributed by atoms with Crippen molar-refractivity contribution in [3.05, 3.63) is 57.6 Å². The molecule has 0 radical (unpaired) electrons. The van der Waals surface area contributed by atoms with Gasteiger partial charge in [0.1, 0.15) is 17.4 Å². The first-order valence-corrected chi connectivity index (χ1v) is 9.21. The molecule has 1 saturated heterocycles. The number of benzene rings is 2. The molecular formula is C19H19BrF2N2O3. The van der Waals surface area contributed by atoms with Crippen LogP contribution in [0.5, 0.6) is 5.75 Å². The Balaban J connectivity index is 1.81. The molecule has 1 fully saturated rings. The number of hydrogen-bond donors (Lipinski definition) is 1. The van der Waals surface area contributed by atoms with Gasteiger partial charge in [0.2, 0.25) is 0 Å². The van der Waals surface area contributed by atoms with Crippen LogP contribution in [0.4, 0.5) is 14.5 Å². The van der Waals surface area contributed by atoms with Gasteiger partial charge in [-0.3, -0.25) is 4.79 Å². The second kappa shape index (κ2) is 8.67. The van der Waals surface area contributed by atoms with E-state index in [1.807, 2.05) is 4.90 Å². The zero-order chi connectivity index (χ0) is 19.4. The summed E-state index contributed by atoms with van der Waals surface area (Å²) in [4.78, 5) is 14.5. The minimum Gasteiger partial charge on any atom is -0.496 e. The highest BCUT2D eigenvalue weighted by atomic mass is 79.9. The Morgan fingerprint density at radius 3 is 2.63 bits per heavy atom. The first-order chi connectivity index (χ1) is 13.0. The Bertz CT molecular complexity index is 842. The molecule has 1 aliphatic heterocycles. The van der Waals surface area contributed by atoms with E-state index in [1.54, 1.807) is 12.1 Å². The summed E-state index contributed by atoms with van der Waals surface area (Å²) in [6, 6.07) is 7.27. The Kier molecular flexibility index (Phi) is 6.28. The molecule has 3 rings (SSSR count). The van der Waals surface area contributed by atoms with Crippen LogP contribution >= 0.6 is 15.9 Å². The van der Waals surface area contributed by atoms with Gasteiger partial charge in [0.15, 0.2) is 0 Å². The molecule has 27 heavy (non-hydrogen) atoms. The summed E-state index contributed by atoms with van der Waals surface area (Å²) in [5.41, 5.74) is 0.859. The van der Waals surface area contributed by atoms with Crippen molar-refractivity contribution in [3.8, 4) is 5.75 Å². The van der Waals surface area contributed by atoms with E-state index in [9.17, 15) is 13.6 Å². The number of halogens is 3. The third-order valence-corrected chi connectivity index (χ3v) is 4.81. The molecule has 0 saturated carbocycles. The molecule has 0 aromatic heterocycles. The molecule has 0 aliphatic carbocycles. The molecule has 0 unspecified atom stereocenters. The SMILES string of the molecule is COc1cc(F)c(N2CCOCC2)cc1C(=O)NCc1ccc(Br)cc1F. The number of morpholine rings is 1. The van der Waals surface area contributed by atoms with Crippen molar-refractivity contribution < 1.29 is 23.0 Å². The molecular weight excluding hydrogens is 422 g/mol. The van der Waals surface area contributed by atoms with Gasteiger partial charge in [-0.05, 0) is 18.2 Å². The molecule has 2 aromatic carbocycles. The fraction of sp³-hybridized carbons (Fsp3) is 0.316. The lowest BCUT2D eigenvalue weighted by atomic mass is 10.1. The van der Waals surface area contributed by atoms with E-state index < -0.39 is 17.5 Å². The standard InChI is InChI=1S/C19H19BrF2N2O3/c1-26-18-10-16(22)17(24-4-6-27-7-5-24)9-14(18)19(25)23-11-12-2-3-13(20)8-15(12)21/h2-3,8-10H,4-7,11H2,1H3,(H,23,25). The van der Waals surface area contributed by atoms with E-state index in [1.165, 1.54) is 25.3 Å². The Morgan fingerprint density at radius 2 is 1.96 bits per heavy atom. The molecule has 1 N–H and O–H groups in total. The smallest absolute Gasteiger partial charge is 0.255 e. The van der Waals surface area contributed by atoms with Crippen LogP contribution in [0.1, 0.15) is 15.9 Å². The topological polar surface area (TPSA) is 50.8 Å². The molecule has 1 aliphatic rings. The minimum absolute atomic E-state index is 0.00532. The highest BCUT2D eigenvalue weighted by molar-refractivity contribution is 9.10. The van der Waals surface area contributed by atoms with Crippen molar-refractivity contribution in [1.29, 1.82) is 0 Å². The normalized spacial score (nSPS) is 14.1. The number of methoxy groups -OCH3 is 1. The van der Waals surface area contributed by atoms with Crippen LogP contribution in [-0.2, 0) is 11.3 Å². The van der Waals surface area contributed by atoms with Crippen LogP contribution in [0.3, 0.4) is 0 Å². The first kappa shape index (κ1) is 19.6. The van der Waals surface area contributed by atoms with E-state index in [-0.39, 0.29) is 17.9 Å². The molecule has 2 aromatic rings. The zero-order valence-corrected chi connectivity index (χ0v) is 16.3. The average molecular weight is 441 g/mol. The number of nitrogens with one attached hydrogen (secondary N) is 1. The fourth-order valence-corrected chi connectivity index (χ4v) is 3.21. The number of rotatable bonds is 5. The lowest BCUT2D eigenvalue weighted by Gasteiger charge is -2.29. The second-order valence-corrected chi connectivity index (χ2v) is 6.94. The monoisotopic (exact) mass is 440 g/mol. The lowest BCUT2D eigenvalue weighted by Crippen LogP contribution is -2.37. The molecule has 5 nitrogen and oxygen atoms in total. The van der Waals surface area contributed by atoms with Crippen LogP contribution in [0.25, 0.3) is 0 Å². The van der Waals surface area contributed by atoms with Crippen LogP contribution in [-0.4, -0.2) is 39.3 Å². The van der Waals surface area contributed by atoms with Gasteiger partial charge in [-0.2, -0.15) is 0 Å². The first-order valence-electron chi connectivity index (χ1n) is 8.42. The van der Waals surface area contributed by atoms with E-state index in [0.717, 1.165) is 0 Å². The van der Waals surface area contributed by atoms with E-state index in [2.05, 4.69) is 21.2 Å². The maximum atomic E-state index is 14.5. The molecule has 1 amide bonds. The minimum atomic E-state index is -0.469. The lowest BCUT2D eigenvalue weighted by molar-refractivity contribution is 0.0947. The summed E-state index contributed by atoms with van der Waals surface area (Å²) in [7, 11) is 1.37. The molecule has 144 valence electrons. The molecule has 8 heteroatoms. The highest BCUT2D eigenvalue weighted by Crippen LogP contribution is 2.29. The summed E-state index contributed by atoms with van der Waals surface area (Å²) in [6.07, 6.45) is 0. The van der Waals surface area contributed by atoms with Gasteiger partial charge < -0.3 is 19.7 Å². The van der Waals surface area contributed by atoms with Crippen molar-refractivity contribution in [2.45, 2.75) is 6.54 Å². The highest BCUT2D eigenvalue weighted by Gasteiger charge is 2.21. The van der Waals surface area contributed by atoms with Crippen LogP contribution in [0, 0.1) is 11.6 Å². The number of hydrogen-bond acceptors (Lipinski definition) is 4. The molecule has 0 bridgehead atoms. The number of anilines is 1. The number of nitrogens with zero attached hydrogens (tertiary/aromatic N) is 1. The average Bonchev–Trinajstić information content (AvgIpc) is 2.67. The van der Waals surface area contributed by atoms with Crippen molar-refractivity contribution in [2.24, 2.45) is 0 Å². The third kappa shape index (κ3) is 4.56. The predicted octanol–water partition coefficient (Wildman–Crippen LogP) is 3.50. The maximum Gasteiger partial charge on any atom is 0.255 e. The van der Waals surface area contributed by atoms with Crippen LogP contribution in [0.2, 0.25) is 0 Å². The number of carbonyl (C=O) groups excluding carboxylic acids is 1.